The molecule has 24 heavy (non-hydrogen) atoms. The molecule has 1 aromatic carbocycles. The molecule has 0 atom stereocenters. The van der Waals surface area contributed by atoms with E-state index in [1.54, 1.807) is 11.3 Å². The van der Waals surface area contributed by atoms with Crippen molar-refractivity contribution in [3.8, 4) is 0 Å². The van der Waals surface area contributed by atoms with E-state index in [9.17, 15) is 4.79 Å². The van der Waals surface area contributed by atoms with Crippen LogP contribution in [0.2, 0.25) is 0 Å². The molecule has 1 amide bonds. The van der Waals surface area contributed by atoms with Crippen LogP contribution in [0.15, 0.2) is 29.6 Å². The van der Waals surface area contributed by atoms with E-state index in [0.717, 1.165) is 42.4 Å². The molecule has 0 saturated carbocycles. The van der Waals surface area contributed by atoms with Crippen molar-refractivity contribution in [3.05, 3.63) is 35.3 Å². The molecule has 3 rings (SSSR count). The third-order valence-electron chi connectivity index (χ3n) is 4.03. The number of hydrogen-bond donors (Lipinski definition) is 3. The number of nitrogens with zero attached hydrogens (tertiary/aromatic N) is 2. The fourth-order valence-electron chi connectivity index (χ4n) is 2.82. The Kier molecular flexibility index (Phi) is 5.32. The number of piperidine rings is 1. The summed E-state index contributed by atoms with van der Waals surface area (Å²) in [7, 11) is 0. The maximum atomic E-state index is 11.3. The van der Waals surface area contributed by atoms with Gasteiger partial charge in [0.2, 0.25) is 5.91 Å². The topological polar surface area (TPSA) is 77.5 Å². The van der Waals surface area contributed by atoms with Gasteiger partial charge in [-0.1, -0.05) is 6.07 Å². The minimum atomic E-state index is -0.508. The molecule has 128 valence electrons. The van der Waals surface area contributed by atoms with Gasteiger partial charge in [-0.15, -0.1) is 11.3 Å². The summed E-state index contributed by atoms with van der Waals surface area (Å²) in [5.74, 6) is -0.404. The Morgan fingerprint density at radius 3 is 2.79 bits per heavy atom. The fraction of sp³-hybridized carbons (Fsp3) is 0.412. The minimum absolute atomic E-state index is 0.404. The van der Waals surface area contributed by atoms with Crippen molar-refractivity contribution in [1.82, 2.24) is 4.98 Å². The fourth-order valence-corrected chi connectivity index (χ4v) is 3.68. The molecule has 6 nitrogen and oxygen atoms in total. The number of aryl methyl sites for hydroxylation is 1. The lowest BCUT2D eigenvalue weighted by atomic mass is 10.0. The number of amides is 1. The van der Waals surface area contributed by atoms with Crippen molar-refractivity contribution in [2.75, 3.05) is 35.2 Å². The van der Waals surface area contributed by atoms with Crippen molar-refractivity contribution in [2.24, 2.45) is 0 Å². The summed E-state index contributed by atoms with van der Waals surface area (Å²) < 4.78 is 0. The summed E-state index contributed by atoms with van der Waals surface area (Å²) in [6, 6.07) is 8.00. The molecule has 1 aliphatic heterocycles. The van der Waals surface area contributed by atoms with E-state index in [1.165, 1.54) is 0 Å². The lowest BCUT2D eigenvalue weighted by Crippen LogP contribution is -2.39. The third kappa shape index (κ3) is 4.24. The highest BCUT2D eigenvalue weighted by atomic mass is 32.1. The van der Waals surface area contributed by atoms with Crippen LogP contribution in [0.4, 0.5) is 16.5 Å². The monoisotopic (exact) mass is 346 g/mol. The van der Waals surface area contributed by atoms with Crippen molar-refractivity contribution in [1.29, 1.82) is 0 Å². The average molecular weight is 346 g/mol. The van der Waals surface area contributed by atoms with E-state index in [-0.39, 0.29) is 0 Å². The van der Waals surface area contributed by atoms with Crippen LogP contribution in [0, 0.1) is 6.92 Å². The van der Waals surface area contributed by atoms with Crippen LogP contribution in [0.25, 0.3) is 0 Å². The van der Waals surface area contributed by atoms with Crippen LogP contribution in [-0.2, 0) is 4.79 Å². The van der Waals surface area contributed by atoms with Crippen LogP contribution in [-0.4, -0.2) is 41.7 Å². The molecule has 0 unspecified atom stereocenters. The zero-order valence-corrected chi connectivity index (χ0v) is 14.5. The molecule has 7 heteroatoms. The third-order valence-corrected chi connectivity index (χ3v) is 5.05. The summed E-state index contributed by atoms with van der Waals surface area (Å²) in [6.07, 6.45) is 2.09. The first-order chi connectivity index (χ1) is 11.6. The Morgan fingerprint density at radius 2 is 2.12 bits per heavy atom. The first kappa shape index (κ1) is 16.7. The van der Waals surface area contributed by atoms with Gasteiger partial charge in [-0.25, -0.2) is 4.98 Å². The van der Waals surface area contributed by atoms with Gasteiger partial charge in [-0.2, -0.15) is 0 Å². The van der Waals surface area contributed by atoms with Gasteiger partial charge in [-0.05, 0) is 38.0 Å². The largest absolute Gasteiger partial charge is 0.387 e. The summed E-state index contributed by atoms with van der Waals surface area (Å²) in [4.78, 5) is 18.2. The van der Waals surface area contributed by atoms with E-state index < -0.39 is 12.5 Å². The van der Waals surface area contributed by atoms with Gasteiger partial charge >= 0.3 is 0 Å². The van der Waals surface area contributed by atoms with E-state index >= 15 is 0 Å². The first-order valence-corrected chi connectivity index (χ1v) is 8.96. The van der Waals surface area contributed by atoms with Crippen molar-refractivity contribution >= 4 is 33.8 Å². The van der Waals surface area contributed by atoms with Crippen LogP contribution in [0.3, 0.4) is 0 Å². The number of aromatic nitrogens is 1. The Labute approximate surface area is 145 Å². The predicted octanol–water partition coefficient (Wildman–Crippen LogP) is 2.46. The number of nitrogens with one attached hydrogen (secondary N) is 2. The Hall–Kier alpha value is -2.12. The standard InChI is InChI=1S/C17H22N4O2S/c1-12-11-24-17(18-12)21-7-5-13(6-8-21)19-14-3-2-4-15(9-14)20-16(23)10-22/h2-4,9,11,13,19,22H,5-8,10H2,1H3,(H,20,23). The molecule has 2 heterocycles. The molecule has 1 aliphatic rings. The number of carbonyl (C=O) groups is 1. The molecule has 1 aromatic heterocycles. The number of hydrogen-bond acceptors (Lipinski definition) is 6. The maximum Gasteiger partial charge on any atom is 0.250 e. The summed E-state index contributed by atoms with van der Waals surface area (Å²) in [5, 5.41) is 18.2. The number of aliphatic hydroxyl groups excluding tert-OH is 1. The number of anilines is 3. The highest BCUT2D eigenvalue weighted by Gasteiger charge is 2.21. The molecule has 0 aliphatic carbocycles. The summed E-state index contributed by atoms with van der Waals surface area (Å²) in [6.45, 7) is 3.50. The first-order valence-electron chi connectivity index (χ1n) is 8.08. The van der Waals surface area contributed by atoms with Gasteiger partial charge in [0.15, 0.2) is 5.13 Å². The zero-order valence-electron chi connectivity index (χ0n) is 13.7. The van der Waals surface area contributed by atoms with Gasteiger partial charge in [0.25, 0.3) is 0 Å². The van der Waals surface area contributed by atoms with Gasteiger partial charge in [0.1, 0.15) is 6.61 Å². The maximum absolute atomic E-state index is 11.3. The number of benzene rings is 1. The van der Waals surface area contributed by atoms with Crippen LogP contribution in [0.1, 0.15) is 18.5 Å². The Balaban J connectivity index is 1.54. The quantitative estimate of drug-likeness (QED) is 0.775. The van der Waals surface area contributed by atoms with Crippen LogP contribution >= 0.6 is 11.3 Å². The highest BCUT2D eigenvalue weighted by Crippen LogP contribution is 2.25. The number of thiazole rings is 1. The molecule has 0 radical (unpaired) electrons. The Morgan fingerprint density at radius 1 is 1.38 bits per heavy atom. The van der Waals surface area contributed by atoms with Crippen LogP contribution < -0.4 is 15.5 Å². The molecular weight excluding hydrogens is 324 g/mol. The second kappa shape index (κ2) is 7.63. The highest BCUT2D eigenvalue weighted by molar-refractivity contribution is 7.13. The van der Waals surface area contributed by atoms with Crippen LogP contribution in [0.5, 0.6) is 0 Å². The predicted molar refractivity (Wildman–Crippen MR) is 97.9 cm³/mol. The number of aliphatic hydroxyl groups is 1. The average Bonchev–Trinajstić information content (AvgIpc) is 3.02. The van der Waals surface area contributed by atoms with Gasteiger partial charge in [-0.3, -0.25) is 4.79 Å². The lowest BCUT2D eigenvalue weighted by Gasteiger charge is -2.32. The zero-order chi connectivity index (χ0) is 16.9. The smallest absolute Gasteiger partial charge is 0.250 e. The molecule has 2 aromatic rings. The SMILES string of the molecule is Cc1csc(N2CCC(Nc3cccc(NC(=O)CO)c3)CC2)n1. The van der Waals surface area contributed by atoms with Gasteiger partial charge in [0.05, 0.1) is 5.69 Å². The normalized spacial score (nSPS) is 15.3. The second-order valence-corrected chi connectivity index (χ2v) is 6.80. The molecular formula is C17H22N4O2S. The van der Waals surface area contributed by atoms with Crippen molar-refractivity contribution in [3.63, 3.8) is 0 Å². The minimum Gasteiger partial charge on any atom is -0.387 e. The lowest BCUT2D eigenvalue weighted by molar-refractivity contribution is -0.118. The summed E-state index contributed by atoms with van der Waals surface area (Å²) >= 11 is 1.70. The van der Waals surface area contributed by atoms with E-state index in [4.69, 9.17) is 5.11 Å². The van der Waals surface area contributed by atoms with E-state index in [2.05, 4.69) is 25.9 Å². The van der Waals surface area contributed by atoms with Gasteiger partial charge in [0, 0.05) is 35.9 Å². The number of rotatable bonds is 5. The molecule has 1 saturated heterocycles. The summed E-state index contributed by atoms with van der Waals surface area (Å²) in [5.41, 5.74) is 2.75. The molecule has 3 N–H and O–H groups in total. The number of carbonyl (C=O) groups excluding carboxylic acids is 1. The molecule has 0 spiro atoms. The van der Waals surface area contributed by atoms with E-state index in [1.807, 2.05) is 31.2 Å². The second-order valence-electron chi connectivity index (χ2n) is 5.96. The van der Waals surface area contributed by atoms with E-state index in [0.29, 0.717) is 11.7 Å². The van der Waals surface area contributed by atoms with Gasteiger partial charge < -0.3 is 20.6 Å². The van der Waals surface area contributed by atoms with Crippen molar-refractivity contribution < 1.29 is 9.90 Å². The molecule has 0 bridgehead atoms. The Bertz CT molecular complexity index is 695. The molecule has 1 fully saturated rings. The van der Waals surface area contributed by atoms with Crippen molar-refractivity contribution in [2.45, 2.75) is 25.8 Å².